The first-order valence-electron chi connectivity index (χ1n) is 6.97. The van der Waals surface area contributed by atoms with Crippen molar-refractivity contribution in [1.82, 2.24) is 0 Å². The van der Waals surface area contributed by atoms with Gasteiger partial charge in [-0.3, -0.25) is 0 Å². The number of fused-ring (bicyclic) bond motifs is 1. The summed E-state index contributed by atoms with van der Waals surface area (Å²) in [5.41, 5.74) is 0.558. The molecule has 2 aromatic rings. The summed E-state index contributed by atoms with van der Waals surface area (Å²) in [6.07, 6.45) is 1.18. The van der Waals surface area contributed by atoms with Crippen molar-refractivity contribution in [3.05, 3.63) is 48.0 Å². The molecule has 1 atom stereocenters. The molecule has 0 N–H and O–H groups in total. The molecule has 0 amide bonds. The maximum Gasteiger partial charge on any atom is 0.338 e. The van der Waals surface area contributed by atoms with Gasteiger partial charge in [0, 0.05) is 0 Å². The summed E-state index contributed by atoms with van der Waals surface area (Å²) >= 11 is 0. The smallest absolute Gasteiger partial charge is 0.338 e. The van der Waals surface area contributed by atoms with Crippen LogP contribution in [0, 0.1) is 0 Å². The zero-order valence-corrected chi connectivity index (χ0v) is 11.6. The number of alkyl halides is 1. The highest BCUT2D eigenvalue weighted by atomic mass is 19.1. The van der Waals surface area contributed by atoms with E-state index in [2.05, 4.69) is 0 Å². The largest absolute Gasteiger partial charge is 0.462 e. The van der Waals surface area contributed by atoms with E-state index in [1.165, 1.54) is 0 Å². The lowest BCUT2D eigenvalue weighted by atomic mass is 10.1. The lowest BCUT2D eigenvalue weighted by Gasteiger charge is -2.06. The highest BCUT2D eigenvalue weighted by molar-refractivity contribution is 5.95. The van der Waals surface area contributed by atoms with Crippen molar-refractivity contribution in [2.24, 2.45) is 0 Å². The molecule has 20 heavy (non-hydrogen) atoms. The number of benzene rings is 2. The maximum absolute atomic E-state index is 12.6. The Morgan fingerprint density at radius 3 is 2.65 bits per heavy atom. The summed E-state index contributed by atoms with van der Waals surface area (Å²) in [5.74, 6) is -0.316. The Hall–Kier alpha value is -1.90. The molecule has 0 spiro atoms. The van der Waals surface area contributed by atoms with Crippen molar-refractivity contribution >= 4 is 16.7 Å². The van der Waals surface area contributed by atoms with Gasteiger partial charge in [0.05, 0.1) is 18.3 Å². The van der Waals surface area contributed by atoms with Gasteiger partial charge in [-0.2, -0.15) is 0 Å². The van der Waals surface area contributed by atoms with Gasteiger partial charge in [0.25, 0.3) is 0 Å². The molecule has 3 heteroatoms. The Labute approximate surface area is 118 Å². The first-order chi connectivity index (χ1) is 9.66. The molecule has 0 aliphatic rings. The van der Waals surface area contributed by atoms with Gasteiger partial charge < -0.3 is 4.74 Å². The molecule has 0 saturated heterocycles. The average Bonchev–Trinajstić information content (AvgIpc) is 2.46. The molecule has 0 radical (unpaired) electrons. The summed E-state index contributed by atoms with van der Waals surface area (Å²) in [4.78, 5) is 11.9. The van der Waals surface area contributed by atoms with Crippen LogP contribution in [0.3, 0.4) is 0 Å². The van der Waals surface area contributed by atoms with Gasteiger partial charge in [-0.05, 0) is 49.1 Å². The van der Waals surface area contributed by atoms with E-state index in [1.807, 2.05) is 36.4 Å². The zero-order valence-electron chi connectivity index (χ0n) is 11.6. The van der Waals surface area contributed by atoms with Gasteiger partial charge in [-0.15, -0.1) is 0 Å². The zero-order chi connectivity index (χ0) is 14.4. The first-order valence-corrected chi connectivity index (χ1v) is 6.97. The van der Waals surface area contributed by atoms with E-state index in [9.17, 15) is 9.18 Å². The van der Waals surface area contributed by atoms with Crippen LogP contribution in [0.25, 0.3) is 10.8 Å². The Balaban J connectivity index is 1.87. The monoisotopic (exact) mass is 274 g/mol. The van der Waals surface area contributed by atoms with Crippen molar-refractivity contribution in [2.45, 2.75) is 32.4 Å². The fourth-order valence-electron chi connectivity index (χ4n) is 2.09. The van der Waals surface area contributed by atoms with Crippen LogP contribution >= 0.6 is 0 Å². The van der Waals surface area contributed by atoms with Crippen molar-refractivity contribution in [1.29, 1.82) is 0 Å². The van der Waals surface area contributed by atoms with E-state index in [-0.39, 0.29) is 5.97 Å². The van der Waals surface area contributed by atoms with Gasteiger partial charge in [-0.25, -0.2) is 9.18 Å². The SMILES string of the molecule is CC(F)CCCCOC(=O)c1ccc2ccccc2c1. The van der Waals surface area contributed by atoms with Gasteiger partial charge in [0.1, 0.15) is 0 Å². The topological polar surface area (TPSA) is 26.3 Å². The molecule has 2 rings (SSSR count). The Bertz CT molecular complexity index is 578. The van der Waals surface area contributed by atoms with E-state index >= 15 is 0 Å². The summed E-state index contributed by atoms with van der Waals surface area (Å²) < 4.78 is 17.8. The number of carbonyl (C=O) groups is 1. The van der Waals surface area contributed by atoms with E-state index < -0.39 is 6.17 Å². The molecule has 0 aromatic heterocycles. The third-order valence-electron chi connectivity index (χ3n) is 3.21. The first kappa shape index (κ1) is 14.5. The molecule has 0 aliphatic carbocycles. The molecule has 0 fully saturated rings. The molecule has 2 nitrogen and oxygen atoms in total. The Morgan fingerprint density at radius 2 is 1.90 bits per heavy atom. The normalized spacial score (nSPS) is 12.3. The van der Waals surface area contributed by atoms with Crippen LogP contribution in [0.15, 0.2) is 42.5 Å². The molecule has 1 unspecified atom stereocenters. The highest BCUT2D eigenvalue weighted by Gasteiger charge is 2.07. The molecular weight excluding hydrogens is 255 g/mol. The minimum atomic E-state index is -0.786. The summed E-state index contributed by atoms with van der Waals surface area (Å²) in [6.45, 7) is 1.89. The van der Waals surface area contributed by atoms with Crippen LogP contribution in [0.4, 0.5) is 4.39 Å². The van der Waals surface area contributed by atoms with Gasteiger partial charge in [0.2, 0.25) is 0 Å². The molecule has 106 valence electrons. The van der Waals surface area contributed by atoms with Crippen molar-refractivity contribution in [2.75, 3.05) is 6.61 Å². The van der Waals surface area contributed by atoms with E-state index in [0.29, 0.717) is 25.0 Å². The molecule has 0 bridgehead atoms. The number of hydrogen-bond donors (Lipinski definition) is 0. The van der Waals surface area contributed by atoms with Gasteiger partial charge >= 0.3 is 5.97 Å². The van der Waals surface area contributed by atoms with Crippen LogP contribution in [0.2, 0.25) is 0 Å². The summed E-state index contributed by atoms with van der Waals surface area (Å²) in [6, 6.07) is 13.4. The number of halogens is 1. The van der Waals surface area contributed by atoms with Crippen LogP contribution in [-0.2, 0) is 4.74 Å². The van der Waals surface area contributed by atoms with Crippen LogP contribution in [0.5, 0.6) is 0 Å². The number of carbonyl (C=O) groups excluding carboxylic acids is 1. The lowest BCUT2D eigenvalue weighted by molar-refractivity contribution is 0.0496. The number of unbranched alkanes of at least 4 members (excludes halogenated alkanes) is 1. The fraction of sp³-hybridized carbons (Fsp3) is 0.353. The minimum absolute atomic E-state index is 0.316. The standard InChI is InChI=1S/C17H19FO2/c1-13(18)6-4-5-11-20-17(19)16-10-9-14-7-2-3-8-15(14)12-16/h2-3,7-10,12-13H,4-6,11H2,1H3. The van der Waals surface area contributed by atoms with Crippen molar-refractivity contribution < 1.29 is 13.9 Å². The second-order valence-electron chi connectivity index (χ2n) is 4.97. The maximum atomic E-state index is 12.6. The second kappa shape index (κ2) is 7.04. The molecule has 0 heterocycles. The van der Waals surface area contributed by atoms with E-state index in [0.717, 1.165) is 17.2 Å². The highest BCUT2D eigenvalue weighted by Crippen LogP contribution is 2.16. The molecular formula is C17H19FO2. The number of ether oxygens (including phenoxy) is 1. The minimum Gasteiger partial charge on any atom is -0.462 e. The van der Waals surface area contributed by atoms with E-state index in [4.69, 9.17) is 4.74 Å². The quantitative estimate of drug-likeness (QED) is 0.571. The third kappa shape index (κ3) is 4.05. The average molecular weight is 274 g/mol. The molecule has 0 aliphatic heterocycles. The van der Waals surface area contributed by atoms with E-state index in [1.54, 1.807) is 13.0 Å². The van der Waals surface area contributed by atoms with Crippen molar-refractivity contribution in [3.8, 4) is 0 Å². The fourth-order valence-corrected chi connectivity index (χ4v) is 2.09. The lowest BCUT2D eigenvalue weighted by Crippen LogP contribution is -2.06. The molecule has 2 aromatic carbocycles. The van der Waals surface area contributed by atoms with Gasteiger partial charge in [0.15, 0.2) is 0 Å². The predicted molar refractivity (Wildman–Crippen MR) is 78.7 cm³/mol. The van der Waals surface area contributed by atoms with Crippen molar-refractivity contribution in [3.63, 3.8) is 0 Å². The second-order valence-corrected chi connectivity index (χ2v) is 4.97. The third-order valence-corrected chi connectivity index (χ3v) is 3.21. The Kier molecular flexibility index (Phi) is 5.10. The van der Waals surface area contributed by atoms with Crippen LogP contribution in [-0.4, -0.2) is 18.7 Å². The number of esters is 1. The van der Waals surface area contributed by atoms with Gasteiger partial charge in [-0.1, -0.05) is 30.3 Å². The number of rotatable bonds is 6. The summed E-state index contributed by atoms with van der Waals surface area (Å²) in [5, 5.41) is 2.12. The Morgan fingerprint density at radius 1 is 1.15 bits per heavy atom. The van der Waals surface area contributed by atoms with Crippen LogP contribution < -0.4 is 0 Å². The summed E-state index contributed by atoms with van der Waals surface area (Å²) in [7, 11) is 0. The van der Waals surface area contributed by atoms with Crippen LogP contribution in [0.1, 0.15) is 36.5 Å². The number of hydrogen-bond acceptors (Lipinski definition) is 2. The molecule has 0 saturated carbocycles. The predicted octanol–water partition coefficient (Wildman–Crippen LogP) is 4.52.